The van der Waals surface area contributed by atoms with Crippen molar-refractivity contribution in [1.82, 2.24) is 9.55 Å². The summed E-state index contributed by atoms with van der Waals surface area (Å²) in [5, 5.41) is 3.13. The van der Waals surface area contributed by atoms with Gasteiger partial charge >= 0.3 is 0 Å². The zero-order chi connectivity index (χ0) is 19.5. The summed E-state index contributed by atoms with van der Waals surface area (Å²) in [6.07, 6.45) is 1.60. The van der Waals surface area contributed by atoms with E-state index in [-0.39, 0.29) is 17.8 Å². The number of aromatic nitrogens is 2. The second-order valence-electron chi connectivity index (χ2n) is 6.29. The van der Waals surface area contributed by atoms with E-state index in [0.717, 1.165) is 5.56 Å². The number of hydrogen-bond donors (Lipinski definition) is 1. The van der Waals surface area contributed by atoms with Crippen LogP contribution >= 0.6 is 0 Å². The van der Waals surface area contributed by atoms with Gasteiger partial charge < -0.3 is 5.32 Å². The zero-order valence-corrected chi connectivity index (χ0v) is 14.8. The van der Waals surface area contributed by atoms with E-state index in [4.69, 9.17) is 0 Å². The van der Waals surface area contributed by atoms with Gasteiger partial charge in [0.05, 0.1) is 12.2 Å². The molecule has 4 aromatic rings. The summed E-state index contributed by atoms with van der Waals surface area (Å²) >= 11 is 0. The van der Waals surface area contributed by atoms with Crippen molar-refractivity contribution in [2.45, 2.75) is 6.54 Å². The minimum absolute atomic E-state index is 0.0211. The number of benzene rings is 2. The van der Waals surface area contributed by atoms with Crippen molar-refractivity contribution in [3.8, 4) is 0 Å². The lowest BCUT2D eigenvalue weighted by Crippen LogP contribution is -2.30. The van der Waals surface area contributed by atoms with Crippen LogP contribution in [0.15, 0.2) is 83.8 Å². The van der Waals surface area contributed by atoms with Crippen LogP contribution in [0.1, 0.15) is 15.9 Å². The normalized spacial score (nSPS) is 10.8. The van der Waals surface area contributed by atoms with Gasteiger partial charge in [0.1, 0.15) is 17.0 Å². The van der Waals surface area contributed by atoms with Gasteiger partial charge in [-0.05, 0) is 35.9 Å². The Morgan fingerprint density at radius 2 is 1.75 bits per heavy atom. The predicted molar refractivity (Wildman–Crippen MR) is 106 cm³/mol. The molecule has 1 N–H and O–H groups in total. The van der Waals surface area contributed by atoms with E-state index in [1.54, 1.807) is 24.4 Å². The number of para-hydroxylation sites is 1. The van der Waals surface area contributed by atoms with E-state index in [9.17, 15) is 14.0 Å². The summed E-state index contributed by atoms with van der Waals surface area (Å²) in [5.41, 5.74) is 0.860. The molecule has 4 rings (SSSR count). The maximum Gasteiger partial charge on any atom is 0.265 e. The SMILES string of the molecule is O=C(Nc1ccccc1F)c1cc2cccnc2n(Cc2ccccc2)c1=O. The predicted octanol–water partition coefficient (Wildman–Crippen LogP) is 3.84. The molecule has 0 aliphatic heterocycles. The Bertz CT molecular complexity index is 1220. The fraction of sp³-hybridized carbons (Fsp3) is 0.0455. The molecule has 0 bridgehead atoms. The quantitative estimate of drug-likeness (QED) is 0.591. The first-order chi connectivity index (χ1) is 13.6. The number of nitrogens with zero attached hydrogens (tertiary/aromatic N) is 2. The smallest absolute Gasteiger partial charge is 0.265 e. The van der Waals surface area contributed by atoms with E-state index in [2.05, 4.69) is 10.3 Å². The van der Waals surface area contributed by atoms with Crippen LogP contribution in [0.4, 0.5) is 10.1 Å². The molecule has 0 unspecified atom stereocenters. The summed E-state index contributed by atoms with van der Waals surface area (Å²) in [5.74, 6) is -1.23. The largest absolute Gasteiger partial charge is 0.319 e. The van der Waals surface area contributed by atoms with Crippen molar-refractivity contribution in [3.05, 3.63) is 106 Å². The van der Waals surface area contributed by atoms with Gasteiger partial charge in [-0.25, -0.2) is 9.37 Å². The molecule has 2 heterocycles. The molecule has 0 aliphatic rings. The minimum atomic E-state index is -0.664. The number of halogens is 1. The lowest BCUT2D eigenvalue weighted by atomic mass is 10.1. The van der Waals surface area contributed by atoms with Crippen LogP contribution in [0.2, 0.25) is 0 Å². The van der Waals surface area contributed by atoms with Gasteiger partial charge in [-0.3, -0.25) is 14.2 Å². The molecule has 0 saturated carbocycles. The van der Waals surface area contributed by atoms with Gasteiger partial charge in [0.2, 0.25) is 0 Å². The van der Waals surface area contributed by atoms with E-state index in [0.29, 0.717) is 11.0 Å². The highest BCUT2D eigenvalue weighted by atomic mass is 19.1. The highest BCUT2D eigenvalue weighted by molar-refractivity contribution is 6.05. The highest BCUT2D eigenvalue weighted by Gasteiger charge is 2.17. The number of nitrogens with one attached hydrogen (secondary N) is 1. The van der Waals surface area contributed by atoms with Gasteiger partial charge in [0.25, 0.3) is 11.5 Å². The van der Waals surface area contributed by atoms with Gasteiger partial charge in [-0.2, -0.15) is 0 Å². The summed E-state index contributed by atoms with van der Waals surface area (Å²) in [4.78, 5) is 30.1. The van der Waals surface area contributed by atoms with Crippen molar-refractivity contribution in [3.63, 3.8) is 0 Å². The second-order valence-corrected chi connectivity index (χ2v) is 6.29. The van der Waals surface area contributed by atoms with Crippen molar-refractivity contribution in [1.29, 1.82) is 0 Å². The fourth-order valence-electron chi connectivity index (χ4n) is 3.03. The molecule has 0 radical (unpaired) electrons. The average molecular weight is 373 g/mol. The first-order valence-corrected chi connectivity index (χ1v) is 8.72. The molecule has 6 heteroatoms. The summed E-state index contributed by atoms with van der Waals surface area (Å²) in [7, 11) is 0. The van der Waals surface area contributed by atoms with Crippen LogP contribution in [-0.2, 0) is 6.54 Å². The van der Waals surface area contributed by atoms with Crippen LogP contribution in [0, 0.1) is 5.82 Å². The van der Waals surface area contributed by atoms with Crippen molar-refractivity contribution < 1.29 is 9.18 Å². The Morgan fingerprint density at radius 3 is 2.54 bits per heavy atom. The number of carbonyl (C=O) groups excluding carboxylic acids is 1. The number of anilines is 1. The van der Waals surface area contributed by atoms with Crippen LogP contribution in [0.25, 0.3) is 11.0 Å². The Labute approximate surface area is 160 Å². The van der Waals surface area contributed by atoms with Crippen LogP contribution in [0.5, 0.6) is 0 Å². The highest BCUT2D eigenvalue weighted by Crippen LogP contribution is 2.16. The van der Waals surface area contributed by atoms with Gasteiger partial charge in [-0.1, -0.05) is 42.5 Å². The lowest BCUT2D eigenvalue weighted by Gasteiger charge is -2.12. The molecule has 28 heavy (non-hydrogen) atoms. The molecule has 0 fully saturated rings. The average Bonchev–Trinajstić information content (AvgIpc) is 2.72. The third kappa shape index (κ3) is 3.40. The van der Waals surface area contributed by atoms with E-state index in [1.807, 2.05) is 30.3 Å². The van der Waals surface area contributed by atoms with Crippen LogP contribution < -0.4 is 10.9 Å². The molecular weight excluding hydrogens is 357 g/mol. The fourth-order valence-corrected chi connectivity index (χ4v) is 3.03. The van der Waals surface area contributed by atoms with Crippen molar-refractivity contribution in [2.75, 3.05) is 5.32 Å². The Hall–Kier alpha value is -3.80. The Balaban J connectivity index is 1.81. The molecule has 2 aromatic heterocycles. The molecule has 1 amide bonds. The van der Waals surface area contributed by atoms with E-state index in [1.165, 1.54) is 28.8 Å². The van der Waals surface area contributed by atoms with Gasteiger partial charge in [0.15, 0.2) is 0 Å². The zero-order valence-electron chi connectivity index (χ0n) is 14.8. The number of pyridine rings is 2. The number of rotatable bonds is 4. The molecular formula is C22H16FN3O2. The first-order valence-electron chi connectivity index (χ1n) is 8.72. The molecule has 0 saturated heterocycles. The molecule has 0 spiro atoms. The number of carbonyl (C=O) groups is 1. The molecule has 5 nitrogen and oxygen atoms in total. The molecule has 138 valence electrons. The number of amides is 1. The van der Waals surface area contributed by atoms with E-state index < -0.39 is 17.3 Å². The Morgan fingerprint density at radius 1 is 1.00 bits per heavy atom. The lowest BCUT2D eigenvalue weighted by molar-refractivity contribution is 0.102. The van der Waals surface area contributed by atoms with Crippen molar-refractivity contribution in [2.24, 2.45) is 0 Å². The van der Waals surface area contributed by atoms with Crippen LogP contribution in [-0.4, -0.2) is 15.5 Å². The maximum atomic E-state index is 13.9. The molecule has 2 aromatic carbocycles. The first kappa shape index (κ1) is 17.6. The number of hydrogen-bond acceptors (Lipinski definition) is 3. The maximum absolute atomic E-state index is 13.9. The third-order valence-electron chi connectivity index (χ3n) is 4.40. The minimum Gasteiger partial charge on any atom is -0.319 e. The third-order valence-corrected chi connectivity index (χ3v) is 4.40. The summed E-state index contributed by atoms with van der Waals surface area (Å²) < 4.78 is 15.3. The van der Waals surface area contributed by atoms with Crippen molar-refractivity contribution >= 4 is 22.6 Å². The standard InChI is InChI=1S/C22H16FN3O2/c23-18-10-4-5-11-19(18)25-21(27)17-13-16-9-6-12-24-20(16)26(22(17)28)14-15-7-2-1-3-8-15/h1-13H,14H2,(H,25,27). The number of fused-ring (bicyclic) bond motifs is 1. The topological polar surface area (TPSA) is 64.0 Å². The van der Waals surface area contributed by atoms with Crippen LogP contribution in [0.3, 0.4) is 0 Å². The Kier molecular flexibility index (Phi) is 4.68. The summed E-state index contributed by atoms with van der Waals surface area (Å²) in [6, 6.07) is 20.3. The van der Waals surface area contributed by atoms with Gasteiger partial charge in [-0.15, -0.1) is 0 Å². The summed E-state index contributed by atoms with van der Waals surface area (Å²) in [6.45, 7) is 0.272. The monoisotopic (exact) mass is 373 g/mol. The second kappa shape index (κ2) is 7.44. The van der Waals surface area contributed by atoms with E-state index >= 15 is 0 Å². The molecule has 0 aliphatic carbocycles. The molecule has 0 atom stereocenters. The van der Waals surface area contributed by atoms with Gasteiger partial charge in [0, 0.05) is 11.6 Å².